The fraction of sp³-hybridized carbons (Fsp3) is 0.0217. The van der Waals surface area contributed by atoms with Gasteiger partial charge < -0.3 is 9.80 Å². The zero-order chi connectivity index (χ0) is 62.4. The zero-order valence-electron chi connectivity index (χ0n) is 51.8. The molecular formula is C92H64N2. The first kappa shape index (κ1) is 55.9. The lowest BCUT2D eigenvalue weighted by Crippen LogP contribution is -2.28. The van der Waals surface area contributed by atoms with Crippen molar-refractivity contribution < 1.29 is 0 Å². The van der Waals surface area contributed by atoms with Crippen molar-refractivity contribution >= 4 is 34.1 Å². The highest BCUT2D eigenvalue weighted by atomic mass is 15.1. The summed E-state index contributed by atoms with van der Waals surface area (Å²) in [5.41, 5.74) is 29.8. The van der Waals surface area contributed by atoms with Crippen molar-refractivity contribution in [2.45, 2.75) is 10.8 Å². The van der Waals surface area contributed by atoms with Crippen LogP contribution in [-0.4, -0.2) is 0 Å². The van der Waals surface area contributed by atoms with Crippen LogP contribution in [0.15, 0.2) is 388 Å². The topological polar surface area (TPSA) is 6.48 Å². The van der Waals surface area contributed by atoms with Crippen LogP contribution in [0.2, 0.25) is 0 Å². The lowest BCUT2D eigenvalue weighted by atomic mass is 9.67. The minimum absolute atomic E-state index is 0.543. The molecule has 0 saturated carbocycles. The van der Waals surface area contributed by atoms with E-state index >= 15 is 0 Å². The number of anilines is 6. The van der Waals surface area contributed by atoms with Crippen molar-refractivity contribution in [3.63, 3.8) is 0 Å². The Balaban J connectivity index is 0.762. The van der Waals surface area contributed by atoms with E-state index in [4.69, 9.17) is 0 Å². The van der Waals surface area contributed by atoms with Gasteiger partial charge in [-0.15, -0.1) is 0 Å². The van der Waals surface area contributed by atoms with Crippen LogP contribution in [0.25, 0.3) is 66.8 Å². The molecule has 0 radical (unpaired) electrons. The van der Waals surface area contributed by atoms with Crippen LogP contribution in [0.4, 0.5) is 34.1 Å². The van der Waals surface area contributed by atoms with E-state index in [9.17, 15) is 0 Å². The van der Waals surface area contributed by atoms with Crippen molar-refractivity contribution in [2.75, 3.05) is 9.80 Å². The fourth-order valence-electron chi connectivity index (χ4n) is 15.5. The van der Waals surface area contributed by atoms with Crippen LogP contribution in [0.5, 0.6) is 0 Å². The molecule has 0 atom stereocenters. The molecule has 0 aliphatic heterocycles. The number of rotatable bonds is 14. The Bertz CT molecular complexity index is 4780. The third kappa shape index (κ3) is 9.33. The standard InChI is InChI=1S/C92H64N2/c1-7-25-65(26-8-1)67-43-51-75(52-44-67)93(79-59-61-85-83-39-21-23-41-87(83)91(89(85)63-79,71-29-11-3-12-30-71)72-31-13-4-14-32-72)77-55-47-69(48-56-77)81-37-19-20-38-82(81)70-49-57-78(58-50-70)94(76-53-45-68(46-54-76)66-27-9-2-10-28-66)80-60-62-86-84-40-22-24-42-88(84)92(90(86)64-80,73-33-15-5-16-34-73)74-35-17-6-18-36-74/h1-64H. The summed E-state index contributed by atoms with van der Waals surface area (Å²) < 4.78 is 0. The number of hydrogen-bond acceptors (Lipinski definition) is 2. The second kappa shape index (κ2) is 23.6. The highest BCUT2D eigenvalue weighted by molar-refractivity contribution is 5.93. The molecular weight excluding hydrogens is 1130 g/mol. The highest BCUT2D eigenvalue weighted by Gasteiger charge is 2.48. The predicted octanol–water partition coefficient (Wildman–Crippen LogP) is 24.0. The quantitative estimate of drug-likeness (QED) is 0.107. The van der Waals surface area contributed by atoms with E-state index in [2.05, 4.69) is 398 Å². The Morgan fingerprint density at radius 3 is 0.681 bits per heavy atom. The van der Waals surface area contributed by atoms with Gasteiger partial charge in [-0.25, -0.2) is 0 Å². The van der Waals surface area contributed by atoms with Crippen molar-refractivity contribution in [3.05, 3.63) is 433 Å². The third-order valence-corrected chi connectivity index (χ3v) is 19.7. The molecule has 2 aliphatic carbocycles. The average molecular weight is 1200 g/mol. The van der Waals surface area contributed by atoms with Gasteiger partial charge in [-0.1, -0.05) is 315 Å². The Labute approximate surface area is 550 Å². The van der Waals surface area contributed by atoms with E-state index in [-0.39, 0.29) is 0 Å². The van der Waals surface area contributed by atoms with Gasteiger partial charge in [0, 0.05) is 34.1 Å². The summed E-state index contributed by atoms with van der Waals surface area (Å²) >= 11 is 0. The smallest absolute Gasteiger partial charge is 0.0714 e. The van der Waals surface area contributed by atoms with Crippen LogP contribution in [0.3, 0.4) is 0 Å². The van der Waals surface area contributed by atoms with Crippen molar-refractivity contribution in [3.8, 4) is 66.8 Å². The van der Waals surface area contributed by atoms with Crippen LogP contribution in [0.1, 0.15) is 44.5 Å². The molecule has 0 heterocycles. The normalized spacial score (nSPS) is 12.9. The molecule has 17 rings (SSSR count). The molecule has 442 valence electrons. The fourth-order valence-corrected chi connectivity index (χ4v) is 15.5. The summed E-state index contributed by atoms with van der Waals surface area (Å²) in [4.78, 5) is 4.86. The number of fused-ring (bicyclic) bond motifs is 6. The molecule has 94 heavy (non-hydrogen) atoms. The Kier molecular flexibility index (Phi) is 14.0. The van der Waals surface area contributed by atoms with Crippen molar-refractivity contribution in [1.29, 1.82) is 0 Å². The molecule has 0 spiro atoms. The van der Waals surface area contributed by atoms with Crippen LogP contribution >= 0.6 is 0 Å². The SMILES string of the molecule is c1ccc(-c2ccc(N(c3ccc(-c4ccccc4-c4ccc(N(c5ccc(-c6ccccc6)cc5)c5ccc6c(c5)C(c5ccccc5)(c5ccccc5)c5ccccc5-6)cc4)cc3)c3ccc4c(c3)C(c3ccccc3)(c3ccccc3)c3ccccc3-4)cc2)cc1. The van der Waals surface area contributed by atoms with Crippen LogP contribution < -0.4 is 9.80 Å². The maximum Gasteiger partial charge on any atom is 0.0714 e. The second-order valence-electron chi connectivity index (χ2n) is 24.7. The Hall–Kier alpha value is -12.1. The van der Waals surface area contributed by atoms with E-state index in [1.54, 1.807) is 0 Å². The first-order valence-corrected chi connectivity index (χ1v) is 32.5. The summed E-state index contributed by atoms with van der Waals surface area (Å²) in [5.74, 6) is 0. The first-order valence-electron chi connectivity index (χ1n) is 32.5. The van der Waals surface area contributed by atoms with Gasteiger partial charge in [0.1, 0.15) is 0 Å². The zero-order valence-corrected chi connectivity index (χ0v) is 51.8. The number of hydrogen-bond donors (Lipinski definition) is 0. The second-order valence-corrected chi connectivity index (χ2v) is 24.7. The number of benzene rings is 15. The monoisotopic (exact) mass is 1200 g/mol. The molecule has 0 bridgehead atoms. The van der Waals surface area contributed by atoms with Gasteiger partial charge in [-0.3, -0.25) is 0 Å². The highest BCUT2D eigenvalue weighted by Crippen LogP contribution is 2.59. The molecule has 2 aliphatic rings. The molecule has 0 unspecified atom stereocenters. The largest absolute Gasteiger partial charge is 0.310 e. The Morgan fingerprint density at radius 1 is 0.149 bits per heavy atom. The van der Waals surface area contributed by atoms with Gasteiger partial charge in [-0.2, -0.15) is 0 Å². The number of nitrogens with zero attached hydrogens (tertiary/aromatic N) is 2. The predicted molar refractivity (Wildman–Crippen MR) is 392 cm³/mol. The summed E-state index contributed by atoms with van der Waals surface area (Å²) in [6, 6.07) is 143. The minimum Gasteiger partial charge on any atom is -0.310 e. The van der Waals surface area contributed by atoms with Gasteiger partial charge >= 0.3 is 0 Å². The third-order valence-electron chi connectivity index (χ3n) is 19.7. The molecule has 2 nitrogen and oxygen atoms in total. The summed E-state index contributed by atoms with van der Waals surface area (Å²) in [6.45, 7) is 0. The van der Waals surface area contributed by atoms with E-state index in [0.717, 1.165) is 56.4 Å². The maximum atomic E-state index is 2.46. The van der Waals surface area contributed by atoms with E-state index in [1.165, 1.54) is 89.0 Å². The summed E-state index contributed by atoms with van der Waals surface area (Å²) in [7, 11) is 0. The molecule has 0 saturated heterocycles. The average Bonchev–Trinajstić information content (AvgIpc) is 1.54. The van der Waals surface area contributed by atoms with Crippen molar-refractivity contribution in [1.82, 2.24) is 0 Å². The Morgan fingerprint density at radius 2 is 0.372 bits per heavy atom. The van der Waals surface area contributed by atoms with E-state index in [0.29, 0.717) is 0 Å². The lowest BCUT2D eigenvalue weighted by Gasteiger charge is -2.35. The molecule has 2 heteroatoms. The molecule has 0 N–H and O–H groups in total. The molecule has 0 amide bonds. The van der Waals surface area contributed by atoms with Crippen LogP contribution in [-0.2, 0) is 10.8 Å². The first-order chi connectivity index (χ1) is 46.6. The summed E-state index contributed by atoms with van der Waals surface area (Å²) in [6.07, 6.45) is 0. The maximum absolute atomic E-state index is 2.46. The molecule has 15 aromatic rings. The molecule has 0 fully saturated rings. The molecule has 0 aromatic heterocycles. The van der Waals surface area contributed by atoms with Gasteiger partial charge in [0.25, 0.3) is 0 Å². The van der Waals surface area contributed by atoms with E-state index < -0.39 is 10.8 Å². The van der Waals surface area contributed by atoms with Gasteiger partial charge in [0.2, 0.25) is 0 Å². The van der Waals surface area contributed by atoms with Gasteiger partial charge in [0.15, 0.2) is 0 Å². The van der Waals surface area contributed by atoms with Gasteiger partial charge in [0.05, 0.1) is 10.8 Å². The van der Waals surface area contributed by atoms with Gasteiger partial charge in [-0.05, 0) is 184 Å². The minimum atomic E-state index is -0.543. The molecule has 15 aromatic carbocycles. The van der Waals surface area contributed by atoms with Crippen LogP contribution in [0, 0.1) is 0 Å². The lowest BCUT2D eigenvalue weighted by molar-refractivity contribution is 0.768. The van der Waals surface area contributed by atoms with E-state index in [1.807, 2.05) is 0 Å². The van der Waals surface area contributed by atoms with Crippen molar-refractivity contribution in [2.24, 2.45) is 0 Å². The summed E-state index contributed by atoms with van der Waals surface area (Å²) in [5, 5.41) is 0.